The molecule has 0 fully saturated rings. The van der Waals surface area contributed by atoms with E-state index >= 15 is 0 Å². The standard InChI is InChI=1S/5Ca.2H4O4Si.10H/c;;;;;2*1-5(2,3)4;;;;;;;;;;/h;;;;;2*1-4H;;;;;;;;;;/q5*+2;;;10*-1. The average Bonchev–Trinajstić information content (AvgIpc) is 1.12. The molecule has 15 heteroatoms. The van der Waals surface area contributed by atoms with Crippen molar-refractivity contribution in [1.29, 1.82) is 0 Å². The van der Waals surface area contributed by atoms with Crippen molar-refractivity contribution in [2.24, 2.45) is 0 Å². The molecule has 0 bridgehead atoms. The summed E-state index contributed by atoms with van der Waals surface area (Å²) in [5.41, 5.74) is 0. The van der Waals surface area contributed by atoms with Crippen LogP contribution in [0.25, 0.3) is 0 Å². The van der Waals surface area contributed by atoms with E-state index in [2.05, 4.69) is 0 Å². The third kappa shape index (κ3) is 168. The molecule has 8 nitrogen and oxygen atoms in total. The van der Waals surface area contributed by atoms with Crippen LogP contribution >= 0.6 is 0 Å². The zero-order valence-corrected chi connectivity index (χ0v) is 21.2. The van der Waals surface area contributed by atoms with Gasteiger partial charge in [0.05, 0.1) is 0 Å². The summed E-state index contributed by atoms with van der Waals surface area (Å²) in [6, 6.07) is 0. The number of hydrogen-bond donors (Lipinski definition) is 8. The molecule has 0 atom stereocenters. The molecule has 0 spiro atoms. The van der Waals surface area contributed by atoms with Crippen LogP contribution in [-0.4, -0.2) is 245 Å². The van der Waals surface area contributed by atoms with Gasteiger partial charge in [0.1, 0.15) is 0 Å². The Balaban J connectivity index is -0.00000000213. The summed E-state index contributed by atoms with van der Waals surface area (Å²) in [5.74, 6) is 0. The van der Waals surface area contributed by atoms with Crippen LogP contribution in [-0.2, 0) is 0 Å². The minimum absolute atomic E-state index is 0. The van der Waals surface area contributed by atoms with Crippen molar-refractivity contribution in [1.82, 2.24) is 0 Å². The fraction of sp³-hybridized carbons (Fsp3) is 0. The number of hydrogen-bond acceptors (Lipinski definition) is 8. The van der Waals surface area contributed by atoms with Crippen molar-refractivity contribution < 1.29 is 52.6 Å². The normalized spacial score (nSPS) is 8.00. The molecule has 0 radical (unpaired) electrons. The van der Waals surface area contributed by atoms with E-state index in [1.807, 2.05) is 0 Å². The van der Waals surface area contributed by atoms with E-state index in [4.69, 9.17) is 38.4 Å². The summed E-state index contributed by atoms with van der Waals surface area (Å²) < 4.78 is 0. The molecule has 0 aromatic carbocycles. The van der Waals surface area contributed by atoms with Crippen LogP contribution < -0.4 is 0 Å². The Bertz CT molecular complexity index is 88.3. The van der Waals surface area contributed by atoms with Gasteiger partial charge in [0.15, 0.2) is 0 Å². The molecule has 0 saturated heterocycles. The predicted octanol–water partition coefficient (Wildman–Crippen LogP) is -6.00. The third-order valence-electron chi connectivity index (χ3n) is 0. The largest absolute Gasteiger partial charge is 2.00 e. The first-order valence-corrected chi connectivity index (χ1v) is 5.37. The Morgan fingerprint density at radius 1 is 0.400 bits per heavy atom. The molecule has 0 amide bonds. The monoisotopic (exact) mass is 402 g/mol. The molecule has 0 rings (SSSR count). The van der Waals surface area contributed by atoms with E-state index in [0.717, 1.165) is 0 Å². The van der Waals surface area contributed by atoms with E-state index in [1.165, 1.54) is 0 Å². The summed E-state index contributed by atoms with van der Waals surface area (Å²) in [6.45, 7) is 0. The van der Waals surface area contributed by atoms with Gasteiger partial charge < -0.3 is 52.6 Å². The molecule has 0 aromatic heterocycles. The minimum Gasteiger partial charge on any atom is -1.00 e. The van der Waals surface area contributed by atoms with Gasteiger partial charge in [0.25, 0.3) is 0 Å². The summed E-state index contributed by atoms with van der Waals surface area (Å²) >= 11 is 0. The molecule has 15 heavy (non-hydrogen) atoms. The van der Waals surface area contributed by atoms with Crippen LogP contribution in [0.3, 0.4) is 0 Å². The second kappa shape index (κ2) is 22.7. The van der Waals surface area contributed by atoms with Crippen LogP contribution in [0.2, 0.25) is 0 Å². The first-order chi connectivity index (χ1) is 4.00. The maximum atomic E-state index is 7.33. The van der Waals surface area contributed by atoms with Crippen LogP contribution in [0, 0.1) is 0 Å². The van der Waals surface area contributed by atoms with Gasteiger partial charge in [-0.2, -0.15) is 0 Å². The summed E-state index contributed by atoms with van der Waals surface area (Å²) in [5, 5.41) is 0. The first-order valence-electron chi connectivity index (χ1n) is 1.79. The topological polar surface area (TPSA) is 162 Å². The van der Waals surface area contributed by atoms with Crippen LogP contribution in [0.4, 0.5) is 0 Å². The van der Waals surface area contributed by atoms with Gasteiger partial charge in [-0.25, -0.2) is 0 Å². The van der Waals surface area contributed by atoms with Gasteiger partial charge in [-0.15, -0.1) is 0 Å². The Morgan fingerprint density at radius 2 is 0.400 bits per heavy atom. The molecule has 0 aliphatic rings. The van der Waals surface area contributed by atoms with E-state index < -0.39 is 18.1 Å². The van der Waals surface area contributed by atoms with Crippen molar-refractivity contribution in [2.75, 3.05) is 0 Å². The van der Waals surface area contributed by atoms with E-state index in [9.17, 15) is 0 Å². The zero-order chi connectivity index (χ0) is 9.00. The summed E-state index contributed by atoms with van der Waals surface area (Å²) in [7, 11) is -9.22. The quantitative estimate of drug-likeness (QED) is 0.186. The van der Waals surface area contributed by atoms with Crippen molar-refractivity contribution >= 4 is 207 Å². The van der Waals surface area contributed by atoms with Crippen LogP contribution in [0.1, 0.15) is 14.3 Å². The Labute approximate surface area is 253 Å². The van der Waals surface area contributed by atoms with Crippen molar-refractivity contribution in [3.63, 3.8) is 0 Å². The molecule has 84 valence electrons. The van der Waals surface area contributed by atoms with E-state index in [-0.39, 0.29) is 203 Å². The Morgan fingerprint density at radius 3 is 0.400 bits per heavy atom. The average molecular weight is 403 g/mol. The second-order valence-corrected chi connectivity index (χ2v) is 3.60. The predicted molar refractivity (Wildman–Crippen MR) is 69.1 cm³/mol. The smallest absolute Gasteiger partial charge is 1.00 e. The van der Waals surface area contributed by atoms with Gasteiger partial charge in [0, 0.05) is 0 Å². The fourth-order valence-electron chi connectivity index (χ4n) is 0. The van der Waals surface area contributed by atoms with E-state index in [0.29, 0.717) is 0 Å². The van der Waals surface area contributed by atoms with Gasteiger partial charge >= 0.3 is 207 Å². The third-order valence-corrected chi connectivity index (χ3v) is 0. The van der Waals surface area contributed by atoms with Crippen LogP contribution in [0.15, 0.2) is 0 Å². The maximum Gasteiger partial charge on any atom is 2.00 e. The van der Waals surface area contributed by atoms with Crippen LogP contribution in [0.5, 0.6) is 0 Å². The van der Waals surface area contributed by atoms with Gasteiger partial charge in [0.2, 0.25) is 0 Å². The van der Waals surface area contributed by atoms with Crippen molar-refractivity contribution in [3.05, 3.63) is 0 Å². The zero-order valence-electron chi connectivity index (χ0n) is 18.1. The second-order valence-electron chi connectivity index (χ2n) is 1.20. The first kappa shape index (κ1) is 43.0. The van der Waals surface area contributed by atoms with Crippen molar-refractivity contribution in [2.45, 2.75) is 0 Å². The Kier molecular flexibility index (Phi) is 65.0. The van der Waals surface area contributed by atoms with Crippen molar-refractivity contribution in [3.8, 4) is 0 Å². The minimum atomic E-state index is -4.61. The molecular weight excluding hydrogens is 385 g/mol. The molecule has 0 aliphatic carbocycles. The van der Waals surface area contributed by atoms with Gasteiger partial charge in [-0.1, -0.05) is 0 Å². The molecule has 0 heterocycles. The molecule has 0 unspecified atom stereocenters. The van der Waals surface area contributed by atoms with E-state index in [1.54, 1.807) is 0 Å². The SMILES string of the molecule is O[Si](O)(O)O.O[Si](O)(O)O.[Ca+2].[Ca+2].[Ca+2].[Ca+2].[Ca+2].[H-].[H-].[H-].[H-].[H-].[H-].[H-].[H-].[H-].[H-]. The molecule has 0 aromatic rings. The summed E-state index contributed by atoms with van der Waals surface area (Å²) in [6.07, 6.45) is 0. The maximum absolute atomic E-state index is 7.33. The Hall–Kier alpha value is 6.41. The molecular formula is H18Ca5O8Si2. The van der Waals surface area contributed by atoms with Gasteiger partial charge in [-0.05, 0) is 0 Å². The molecule has 0 saturated carbocycles. The fourth-order valence-corrected chi connectivity index (χ4v) is 0. The van der Waals surface area contributed by atoms with Gasteiger partial charge in [-0.3, -0.25) is 0 Å². The molecule has 8 N–H and O–H groups in total. The summed E-state index contributed by atoms with van der Waals surface area (Å²) in [4.78, 5) is 58.6. The number of rotatable bonds is 0. The molecule has 0 aliphatic heterocycles.